The minimum Gasteiger partial charge on any atom is -0.368 e. The van der Waals surface area contributed by atoms with Gasteiger partial charge in [0.25, 0.3) is 0 Å². The van der Waals surface area contributed by atoms with E-state index in [2.05, 4.69) is 50.0 Å². The van der Waals surface area contributed by atoms with E-state index in [1.165, 1.54) is 5.56 Å². The second-order valence-electron chi connectivity index (χ2n) is 6.80. The van der Waals surface area contributed by atoms with Gasteiger partial charge in [0.05, 0.1) is 23.3 Å². The van der Waals surface area contributed by atoms with Crippen LogP contribution in [0.5, 0.6) is 0 Å². The van der Waals surface area contributed by atoms with Crippen LogP contribution in [0.3, 0.4) is 0 Å². The largest absolute Gasteiger partial charge is 0.368 e. The van der Waals surface area contributed by atoms with Crippen LogP contribution < -0.4 is 4.90 Å². The Morgan fingerprint density at radius 2 is 1.69 bits per heavy atom. The molecule has 0 spiro atoms. The maximum Gasteiger partial charge on any atom is 0.101 e. The molecule has 0 unspecified atom stereocenters. The average molecular weight is 345 g/mol. The fourth-order valence-corrected chi connectivity index (χ4v) is 3.64. The Bertz CT molecular complexity index is 830. The van der Waals surface area contributed by atoms with Crippen LogP contribution in [0.2, 0.25) is 0 Å². The van der Waals surface area contributed by atoms with Crippen molar-refractivity contribution in [1.82, 2.24) is 9.80 Å². The van der Waals surface area contributed by atoms with E-state index in [1.54, 1.807) is 0 Å². The number of nitriles is 1. The highest BCUT2D eigenvalue weighted by molar-refractivity contribution is 5.66. The quantitative estimate of drug-likeness (QED) is 0.855. The third-order valence-corrected chi connectivity index (χ3v) is 5.17. The van der Waals surface area contributed by atoms with Crippen LogP contribution in [0.15, 0.2) is 53.5 Å². The summed E-state index contributed by atoms with van der Waals surface area (Å²) >= 11 is 0. The molecule has 0 radical (unpaired) electrons. The van der Waals surface area contributed by atoms with Gasteiger partial charge in [-0.05, 0) is 23.8 Å². The predicted molar refractivity (Wildman–Crippen MR) is 105 cm³/mol. The second kappa shape index (κ2) is 7.59. The van der Waals surface area contributed by atoms with Crippen molar-refractivity contribution in [3.05, 3.63) is 59.7 Å². The number of anilines is 1. The third kappa shape index (κ3) is 3.56. The van der Waals surface area contributed by atoms with Crippen LogP contribution in [0.25, 0.3) is 0 Å². The molecule has 2 aromatic rings. The smallest absolute Gasteiger partial charge is 0.101 e. The highest BCUT2D eigenvalue weighted by Gasteiger charge is 2.20. The topological polar surface area (TPSA) is 45.9 Å². The molecule has 0 atom stereocenters. The first kappa shape index (κ1) is 16.6. The van der Waals surface area contributed by atoms with E-state index >= 15 is 0 Å². The van der Waals surface area contributed by atoms with Gasteiger partial charge in [-0.15, -0.1) is 0 Å². The van der Waals surface area contributed by atoms with E-state index in [-0.39, 0.29) is 0 Å². The molecule has 5 heteroatoms. The Morgan fingerprint density at radius 3 is 2.54 bits per heavy atom. The van der Waals surface area contributed by atoms with Gasteiger partial charge in [0, 0.05) is 45.8 Å². The summed E-state index contributed by atoms with van der Waals surface area (Å²) in [5.74, 6) is 0. The van der Waals surface area contributed by atoms with Crippen molar-refractivity contribution in [2.45, 2.75) is 6.54 Å². The van der Waals surface area contributed by atoms with E-state index < -0.39 is 0 Å². The Labute approximate surface area is 154 Å². The molecule has 0 N–H and O–H groups in total. The van der Waals surface area contributed by atoms with Crippen LogP contribution in [0.1, 0.15) is 11.1 Å². The lowest BCUT2D eigenvalue weighted by Gasteiger charge is -2.37. The van der Waals surface area contributed by atoms with E-state index in [9.17, 15) is 5.26 Å². The van der Waals surface area contributed by atoms with Crippen LogP contribution in [-0.4, -0.2) is 55.4 Å². The standard InChI is InChI=1S/C21H23N5/c22-15-18-5-2-4-8-21(18)26-13-11-24(12-14-26)9-10-25-16-19-6-1-3-7-20(19)23-17-25/h1-8,17H,9-14,16H2. The predicted octanol–water partition coefficient (Wildman–Crippen LogP) is 2.86. The van der Waals surface area contributed by atoms with Crippen molar-refractivity contribution < 1.29 is 0 Å². The molecule has 4 rings (SSSR count). The number of hydrogen-bond acceptors (Lipinski definition) is 5. The Balaban J connectivity index is 1.28. The van der Waals surface area contributed by atoms with Crippen LogP contribution in [-0.2, 0) is 6.54 Å². The maximum atomic E-state index is 9.29. The molecule has 1 fully saturated rings. The molecule has 0 aliphatic carbocycles. The fourth-order valence-electron chi connectivity index (χ4n) is 3.64. The molecule has 1 saturated heterocycles. The number of nitrogens with zero attached hydrogens (tertiary/aromatic N) is 5. The van der Waals surface area contributed by atoms with E-state index in [1.807, 2.05) is 30.6 Å². The average Bonchev–Trinajstić information content (AvgIpc) is 2.72. The highest BCUT2D eigenvalue weighted by Crippen LogP contribution is 2.23. The number of fused-ring (bicyclic) bond motifs is 1. The zero-order chi connectivity index (χ0) is 17.8. The molecular formula is C21H23N5. The summed E-state index contributed by atoms with van der Waals surface area (Å²) in [6, 6.07) is 18.5. The highest BCUT2D eigenvalue weighted by atomic mass is 15.3. The molecule has 0 amide bonds. The summed E-state index contributed by atoms with van der Waals surface area (Å²) in [4.78, 5) is 11.7. The van der Waals surface area contributed by atoms with Crippen LogP contribution in [0.4, 0.5) is 11.4 Å². The molecule has 0 saturated carbocycles. The lowest BCUT2D eigenvalue weighted by atomic mass is 10.1. The van der Waals surface area contributed by atoms with Crippen molar-refractivity contribution in [2.75, 3.05) is 44.2 Å². The maximum absolute atomic E-state index is 9.29. The molecule has 0 bridgehead atoms. The Morgan fingerprint density at radius 1 is 0.923 bits per heavy atom. The zero-order valence-corrected chi connectivity index (χ0v) is 14.9. The SMILES string of the molecule is N#Cc1ccccc1N1CCN(CCN2C=Nc3ccccc3C2)CC1. The summed E-state index contributed by atoms with van der Waals surface area (Å²) in [5.41, 5.74) is 4.22. The van der Waals surface area contributed by atoms with Gasteiger partial charge in [-0.2, -0.15) is 5.26 Å². The van der Waals surface area contributed by atoms with Gasteiger partial charge in [-0.1, -0.05) is 30.3 Å². The van der Waals surface area contributed by atoms with Gasteiger partial charge in [-0.25, -0.2) is 4.99 Å². The van der Waals surface area contributed by atoms with Gasteiger partial charge < -0.3 is 9.80 Å². The molecule has 2 aromatic carbocycles. The number of hydrogen-bond donors (Lipinski definition) is 0. The fraction of sp³-hybridized carbons (Fsp3) is 0.333. The number of piperazine rings is 1. The summed E-state index contributed by atoms with van der Waals surface area (Å²) in [5, 5.41) is 9.29. The van der Waals surface area contributed by atoms with E-state index in [0.29, 0.717) is 0 Å². The minimum atomic E-state index is 0.768. The number of aliphatic imine (C=N–C) groups is 1. The van der Waals surface area contributed by atoms with Gasteiger partial charge in [0.2, 0.25) is 0 Å². The van der Waals surface area contributed by atoms with Gasteiger partial charge >= 0.3 is 0 Å². The second-order valence-corrected chi connectivity index (χ2v) is 6.80. The monoisotopic (exact) mass is 345 g/mol. The number of benzene rings is 2. The molecule has 26 heavy (non-hydrogen) atoms. The van der Waals surface area contributed by atoms with E-state index in [0.717, 1.165) is 62.8 Å². The van der Waals surface area contributed by atoms with Crippen molar-refractivity contribution in [3.63, 3.8) is 0 Å². The molecule has 0 aromatic heterocycles. The number of rotatable bonds is 4. The Hall–Kier alpha value is -2.84. The zero-order valence-electron chi connectivity index (χ0n) is 14.9. The summed E-state index contributed by atoms with van der Waals surface area (Å²) in [6.07, 6.45) is 1.97. The first-order valence-electron chi connectivity index (χ1n) is 9.16. The Kier molecular flexibility index (Phi) is 4.85. The summed E-state index contributed by atoms with van der Waals surface area (Å²) in [7, 11) is 0. The van der Waals surface area contributed by atoms with E-state index in [4.69, 9.17) is 0 Å². The van der Waals surface area contributed by atoms with Crippen molar-refractivity contribution in [1.29, 1.82) is 5.26 Å². The van der Waals surface area contributed by atoms with Gasteiger partial charge in [0.1, 0.15) is 6.07 Å². The van der Waals surface area contributed by atoms with Crippen molar-refractivity contribution in [3.8, 4) is 6.07 Å². The lowest BCUT2D eigenvalue weighted by molar-refractivity contribution is 0.233. The van der Waals surface area contributed by atoms with Gasteiger partial charge in [-0.3, -0.25) is 4.90 Å². The van der Waals surface area contributed by atoms with Crippen LogP contribution >= 0.6 is 0 Å². The van der Waals surface area contributed by atoms with Crippen LogP contribution in [0, 0.1) is 11.3 Å². The third-order valence-electron chi connectivity index (χ3n) is 5.17. The van der Waals surface area contributed by atoms with Crippen molar-refractivity contribution in [2.24, 2.45) is 4.99 Å². The first-order chi connectivity index (χ1) is 12.8. The summed E-state index contributed by atoms with van der Waals surface area (Å²) < 4.78 is 0. The molecule has 2 heterocycles. The first-order valence-corrected chi connectivity index (χ1v) is 9.16. The normalized spacial score (nSPS) is 17.0. The molecular weight excluding hydrogens is 322 g/mol. The minimum absolute atomic E-state index is 0.768. The van der Waals surface area contributed by atoms with Gasteiger partial charge in [0.15, 0.2) is 0 Å². The molecule has 2 aliphatic heterocycles. The van der Waals surface area contributed by atoms with Crippen molar-refractivity contribution >= 4 is 17.7 Å². The molecule has 2 aliphatic rings. The summed E-state index contributed by atoms with van der Waals surface area (Å²) in [6.45, 7) is 6.97. The molecule has 5 nitrogen and oxygen atoms in total. The lowest BCUT2D eigenvalue weighted by Crippen LogP contribution is -2.48. The number of para-hydroxylation sites is 2. The molecule has 132 valence electrons.